The number of pyridine rings is 1. The van der Waals surface area contributed by atoms with Crippen LogP contribution < -0.4 is 4.90 Å². The first-order chi connectivity index (χ1) is 22.2. The molecule has 1 aliphatic heterocycles. The van der Waals surface area contributed by atoms with E-state index in [-0.39, 0.29) is 0 Å². The third-order valence-corrected chi connectivity index (χ3v) is 8.50. The second-order valence-corrected chi connectivity index (χ2v) is 11.2. The average molecular weight is 580 g/mol. The summed E-state index contributed by atoms with van der Waals surface area (Å²) in [6, 6.07) is 46.5. The van der Waals surface area contributed by atoms with Crippen LogP contribution in [0.4, 0.5) is 11.4 Å². The molecule has 2 aromatic heterocycles. The lowest BCUT2D eigenvalue weighted by Gasteiger charge is -2.28. The molecule has 0 saturated carbocycles. The fourth-order valence-electron chi connectivity index (χ4n) is 6.42. The van der Waals surface area contributed by atoms with Gasteiger partial charge in [0.2, 0.25) is 0 Å². The minimum absolute atomic E-state index is 0.819. The van der Waals surface area contributed by atoms with Gasteiger partial charge in [0.05, 0.1) is 16.9 Å². The number of fused-ring (bicyclic) bond motifs is 6. The third-order valence-electron chi connectivity index (χ3n) is 8.50. The van der Waals surface area contributed by atoms with Crippen LogP contribution in [0.15, 0.2) is 161 Å². The number of para-hydroxylation sites is 3. The van der Waals surface area contributed by atoms with Crippen LogP contribution in [0, 0.1) is 0 Å². The summed E-state index contributed by atoms with van der Waals surface area (Å²) in [5.74, 6) is 0.819. The molecule has 4 nitrogen and oxygen atoms in total. The van der Waals surface area contributed by atoms with Gasteiger partial charge in [0, 0.05) is 50.6 Å². The van der Waals surface area contributed by atoms with E-state index in [4.69, 9.17) is 9.40 Å². The summed E-state index contributed by atoms with van der Waals surface area (Å²) in [5.41, 5.74) is 12.3. The monoisotopic (exact) mass is 579 g/mol. The first kappa shape index (κ1) is 26.6. The molecule has 0 radical (unpaired) electrons. The number of furan rings is 1. The van der Waals surface area contributed by atoms with Gasteiger partial charge in [0.15, 0.2) is 0 Å². The Bertz CT molecular complexity index is 2310. The van der Waals surface area contributed by atoms with E-state index in [0.717, 1.165) is 83.8 Å². The van der Waals surface area contributed by atoms with Crippen LogP contribution in [0.5, 0.6) is 0 Å². The van der Waals surface area contributed by atoms with Crippen LogP contribution >= 0.6 is 0 Å². The maximum Gasteiger partial charge on any atom is 0.145 e. The standard InChI is InChI=1S/C41H29N3O/c1-27-33(22-23-42-2)41-40(35-16-8-11-19-39(35)45-41)34-15-7-10-18-38(34)44(27)32-25-30(28-12-4-3-5-13-28)24-31(26-32)37-21-20-29-14-6-9-17-36(29)43-37/h3-26H,2H2,1H3/b23-22-. The van der Waals surface area contributed by atoms with Gasteiger partial charge in [0.1, 0.15) is 11.3 Å². The Hall–Kier alpha value is -6.00. The number of rotatable bonds is 5. The predicted molar refractivity (Wildman–Crippen MR) is 188 cm³/mol. The molecular weight excluding hydrogens is 550 g/mol. The van der Waals surface area contributed by atoms with Crippen molar-refractivity contribution in [1.29, 1.82) is 0 Å². The Labute approximate surface area is 261 Å². The molecule has 45 heavy (non-hydrogen) atoms. The van der Waals surface area contributed by atoms with Gasteiger partial charge in [-0.3, -0.25) is 4.99 Å². The third kappa shape index (κ3) is 4.55. The molecule has 0 unspecified atom stereocenters. The van der Waals surface area contributed by atoms with E-state index in [1.54, 1.807) is 6.20 Å². The summed E-state index contributed by atoms with van der Waals surface area (Å²) in [5, 5.41) is 2.19. The number of nitrogens with zero attached hydrogens (tertiary/aromatic N) is 3. The van der Waals surface area contributed by atoms with Crippen molar-refractivity contribution in [3.63, 3.8) is 0 Å². The van der Waals surface area contributed by atoms with E-state index in [2.05, 4.69) is 127 Å². The average Bonchev–Trinajstić information content (AvgIpc) is 3.43. The van der Waals surface area contributed by atoms with Crippen LogP contribution in [-0.2, 0) is 0 Å². The second kappa shape index (κ2) is 10.9. The number of benzene rings is 5. The highest BCUT2D eigenvalue weighted by Crippen LogP contribution is 2.50. The molecule has 5 aromatic carbocycles. The number of hydrogen-bond donors (Lipinski definition) is 0. The molecule has 0 fully saturated rings. The zero-order chi connectivity index (χ0) is 30.3. The zero-order valence-corrected chi connectivity index (χ0v) is 24.8. The smallest absolute Gasteiger partial charge is 0.145 e. The van der Waals surface area contributed by atoms with Crippen molar-refractivity contribution in [1.82, 2.24) is 4.98 Å². The maximum atomic E-state index is 6.61. The normalized spacial score (nSPS) is 12.9. The second-order valence-electron chi connectivity index (χ2n) is 11.2. The highest BCUT2D eigenvalue weighted by molar-refractivity contribution is 6.07. The molecule has 0 aliphatic carbocycles. The molecule has 0 atom stereocenters. The fraction of sp³-hybridized carbons (Fsp3) is 0.0244. The van der Waals surface area contributed by atoms with Crippen LogP contribution in [-0.4, -0.2) is 11.7 Å². The number of anilines is 2. The van der Waals surface area contributed by atoms with Crippen LogP contribution in [0.3, 0.4) is 0 Å². The Morgan fingerprint density at radius 3 is 2.38 bits per heavy atom. The number of aromatic nitrogens is 1. The summed E-state index contributed by atoms with van der Waals surface area (Å²) in [7, 11) is 0. The van der Waals surface area contributed by atoms with Crippen molar-refractivity contribution in [3.05, 3.63) is 157 Å². The Balaban J connectivity index is 1.43. The van der Waals surface area contributed by atoms with E-state index < -0.39 is 0 Å². The van der Waals surface area contributed by atoms with Gasteiger partial charge >= 0.3 is 0 Å². The van der Waals surface area contributed by atoms with Crippen molar-refractivity contribution in [2.45, 2.75) is 6.92 Å². The molecule has 0 bridgehead atoms. The van der Waals surface area contributed by atoms with Gasteiger partial charge < -0.3 is 9.32 Å². The maximum absolute atomic E-state index is 6.61. The molecule has 8 rings (SSSR count). The molecule has 1 aliphatic rings. The summed E-state index contributed by atoms with van der Waals surface area (Å²) >= 11 is 0. The molecule has 0 N–H and O–H groups in total. The first-order valence-electron chi connectivity index (χ1n) is 15.0. The van der Waals surface area contributed by atoms with E-state index in [0.29, 0.717) is 0 Å². The summed E-state index contributed by atoms with van der Waals surface area (Å²) in [6.45, 7) is 5.85. The molecular formula is C41H29N3O. The zero-order valence-electron chi connectivity index (χ0n) is 24.8. The van der Waals surface area contributed by atoms with Gasteiger partial charge in [-0.2, -0.15) is 0 Å². The van der Waals surface area contributed by atoms with Crippen LogP contribution in [0.1, 0.15) is 12.7 Å². The van der Waals surface area contributed by atoms with E-state index >= 15 is 0 Å². The van der Waals surface area contributed by atoms with Gasteiger partial charge in [-0.15, -0.1) is 0 Å². The van der Waals surface area contributed by atoms with Crippen molar-refractivity contribution in [2.24, 2.45) is 4.99 Å². The lowest BCUT2D eigenvalue weighted by Crippen LogP contribution is -2.16. The Kier molecular flexibility index (Phi) is 6.46. The van der Waals surface area contributed by atoms with Crippen molar-refractivity contribution < 1.29 is 4.42 Å². The largest absolute Gasteiger partial charge is 0.455 e. The highest BCUT2D eigenvalue weighted by atomic mass is 16.3. The Morgan fingerprint density at radius 1 is 0.733 bits per heavy atom. The van der Waals surface area contributed by atoms with Crippen molar-refractivity contribution in [2.75, 3.05) is 4.90 Å². The molecule has 4 heteroatoms. The molecule has 0 saturated heterocycles. The van der Waals surface area contributed by atoms with E-state index in [1.165, 1.54) is 0 Å². The molecule has 0 amide bonds. The molecule has 0 spiro atoms. The van der Waals surface area contributed by atoms with Crippen molar-refractivity contribution >= 4 is 45.5 Å². The van der Waals surface area contributed by atoms with Crippen LogP contribution in [0.2, 0.25) is 0 Å². The minimum Gasteiger partial charge on any atom is -0.455 e. The lowest BCUT2D eigenvalue weighted by molar-refractivity contribution is 0.601. The quantitative estimate of drug-likeness (QED) is 0.191. The SMILES string of the molecule is C=N/C=C\C1=C(C)N(c2cc(-c3ccccc3)cc(-c3ccc4ccccc4n3)c2)c2ccccc2-c2c1oc1ccccc21. The Morgan fingerprint density at radius 2 is 1.49 bits per heavy atom. The molecule has 7 aromatic rings. The summed E-state index contributed by atoms with van der Waals surface area (Å²) in [4.78, 5) is 11.5. The molecule has 214 valence electrons. The van der Waals surface area contributed by atoms with Gasteiger partial charge in [-0.1, -0.05) is 91.0 Å². The van der Waals surface area contributed by atoms with E-state index in [9.17, 15) is 0 Å². The van der Waals surface area contributed by atoms with Gasteiger partial charge in [-0.25, -0.2) is 4.98 Å². The highest BCUT2D eigenvalue weighted by Gasteiger charge is 2.30. The van der Waals surface area contributed by atoms with Crippen molar-refractivity contribution in [3.8, 4) is 33.5 Å². The first-order valence-corrected chi connectivity index (χ1v) is 15.0. The minimum atomic E-state index is 0.819. The lowest BCUT2D eigenvalue weighted by atomic mass is 9.97. The predicted octanol–water partition coefficient (Wildman–Crippen LogP) is 11.1. The topological polar surface area (TPSA) is 41.6 Å². The van der Waals surface area contributed by atoms with E-state index in [1.807, 2.05) is 36.4 Å². The summed E-state index contributed by atoms with van der Waals surface area (Å²) < 4.78 is 6.61. The fourth-order valence-corrected chi connectivity index (χ4v) is 6.42. The number of allylic oxidation sites excluding steroid dienone is 3. The van der Waals surface area contributed by atoms with Gasteiger partial charge in [0.25, 0.3) is 0 Å². The summed E-state index contributed by atoms with van der Waals surface area (Å²) in [6.07, 6.45) is 3.73. The molecule has 3 heterocycles. The number of aliphatic imine (C=N–C) groups is 1. The van der Waals surface area contributed by atoms with Gasteiger partial charge in [-0.05, 0) is 73.3 Å². The van der Waals surface area contributed by atoms with Crippen LogP contribution in [0.25, 0.3) is 61.0 Å². The number of hydrogen-bond acceptors (Lipinski definition) is 4.